The number of nitrogens with zero attached hydrogens (tertiary/aromatic N) is 1. The van der Waals surface area contributed by atoms with Gasteiger partial charge in [0.05, 0.1) is 28.8 Å². The number of non-ortho nitro benzene ring substituents is 1. The first-order valence-corrected chi connectivity index (χ1v) is 8.10. The largest absolute Gasteiger partial charge is 0.494 e. The minimum atomic E-state index is -0.800. The number of methoxy groups -OCH3 is 1. The van der Waals surface area contributed by atoms with Gasteiger partial charge in [-0.05, 0) is 29.8 Å². The number of hydrogen-bond donors (Lipinski definition) is 1. The van der Waals surface area contributed by atoms with Crippen molar-refractivity contribution < 1.29 is 28.4 Å². The molecule has 10 heteroatoms. The van der Waals surface area contributed by atoms with Gasteiger partial charge in [0.25, 0.3) is 11.6 Å². The van der Waals surface area contributed by atoms with Crippen LogP contribution in [0.2, 0.25) is 5.02 Å². The number of benzene rings is 2. The predicted octanol–water partition coefficient (Wildman–Crippen LogP) is 3.59. The predicted molar refractivity (Wildman–Crippen MR) is 99.7 cm³/mol. The molecule has 0 aliphatic heterocycles. The van der Waals surface area contributed by atoms with E-state index in [1.165, 1.54) is 37.5 Å². The van der Waals surface area contributed by atoms with E-state index in [1.807, 2.05) is 0 Å². The maximum Gasteiger partial charge on any atom is 0.331 e. The highest BCUT2D eigenvalue weighted by atomic mass is 35.5. The van der Waals surface area contributed by atoms with Crippen LogP contribution in [0.15, 0.2) is 42.5 Å². The molecule has 1 N–H and O–H groups in total. The zero-order chi connectivity index (χ0) is 20.7. The van der Waals surface area contributed by atoms with Gasteiger partial charge in [0.2, 0.25) is 0 Å². The first-order chi connectivity index (χ1) is 13.3. The number of halogens is 2. The molecule has 2 aromatic carbocycles. The summed E-state index contributed by atoms with van der Waals surface area (Å²) in [7, 11) is 1.29. The van der Waals surface area contributed by atoms with E-state index in [4.69, 9.17) is 21.1 Å². The molecule has 0 saturated carbocycles. The summed E-state index contributed by atoms with van der Waals surface area (Å²) in [6.45, 7) is -0.590. The van der Waals surface area contributed by atoms with Gasteiger partial charge in [0.1, 0.15) is 11.6 Å². The molecular weight excluding hydrogens is 395 g/mol. The van der Waals surface area contributed by atoms with Crippen molar-refractivity contribution in [2.75, 3.05) is 19.0 Å². The summed E-state index contributed by atoms with van der Waals surface area (Å²) >= 11 is 5.64. The lowest BCUT2D eigenvalue weighted by molar-refractivity contribution is -0.384. The van der Waals surface area contributed by atoms with E-state index in [-0.39, 0.29) is 22.1 Å². The van der Waals surface area contributed by atoms with Gasteiger partial charge in [0.15, 0.2) is 6.61 Å². The van der Waals surface area contributed by atoms with Crippen molar-refractivity contribution in [1.29, 1.82) is 0 Å². The number of carbonyl (C=O) groups is 2. The van der Waals surface area contributed by atoms with Crippen LogP contribution in [-0.2, 0) is 14.3 Å². The maximum atomic E-state index is 13.1. The highest BCUT2D eigenvalue weighted by molar-refractivity contribution is 6.30. The zero-order valence-corrected chi connectivity index (χ0v) is 15.2. The second-order valence-electron chi connectivity index (χ2n) is 5.30. The van der Waals surface area contributed by atoms with Gasteiger partial charge in [-0.3, -0.25) is 14.9 Å². The SMILES string of the molecule is COc1cc([N+](=O)[O-])ccc1NC(=O)COC(=O)/C=C/c1ccc(F)c(Cl)c1. The van der Waals surface area contributed by atoms with Gasteiger partial charge < -0.3 is 14.8 Å². The maximum absolute atomic E-state index is 13.1. The second kappa shape index (κ2) is 9.47. The van der Waals surface area contributed by atoms with Crippen molar-refractivity contribution in [1.82, 2.24) is 0 Å². The highest BCUT2D eigenvalue weighted by Crippen LogP contribution is 2.28. The molecule has 0 unspecified atom stereocenters. The molecule has 0 atom stereocenters. The lowest BCUT2D eigenvalue weighted by atomic mass is 10.2. The number of rotatable bonds is 7. The molecule has 0 bridgehead atoms. The lowest BCUT2D eigenvalue weighted by Gasteiger charge is -2.09. The molecule has 0 aromatic heterocycles. The van der Waals surface area contributed by atoms with Crippen LogP contribution in [-0.4, -0.2) is 30.5 Å². The van der Waals surface area contributed by atoms with Crippen LogP contribution in [0.25, 0.3) is 6.08 Å². The summed E-state index contributed by atoms with van der Waals surface area (Å²) in [5, 5.41) is 13.1. The monoisotopic (exact) mass is 408 g/mol. The molecule has 2 aromatic rings. The minimum absolute atomic E-state index is 0.0851. The Balaban J connectivity index is 1.91. The topological polar surface area (TPSA) is 108 Å². The normalized spacial score (nSPS) is 10.5. The Hall–Kier alpha value is -3.46. The number of hydrogen-bond acceptors (Lipinski definition) is 6. The Morgan fingerprint density at radius 1 is 1.29 bits per heavy atom. The molecule has 0 aliphatic rings. The molecule has 28 heavy (non-hydrogen) atoms. The molecule has 0 fully saturated rings. The van der Waals surface area contributed by atoms with Crippen LogP contribution in [0.3, 0.4) is 0 Å². The Labute approximate surface area is 163 Å². The number of nitrogens with one attached hydrogen (secondary N) is 1. The molecule has 0 aliphatic carbocycles. The Morgan fingerprint density at radius 2 is 2.04 bits per heavy atom. The van der Waals surface area contributed by atoms with E-state index in [1.54, 1.807) is 0 Å². The van der Waals surface area contributed by atoms with E-state index >= 15 is 0 Å². The minimum Gasteiger partial charge on any atom is -0.494 e. The third-order valence-corrected chi connectivity index (χ3v) is 3.66. The van der Waals surface area contributed by atoms with Crippen molar-refractivity contribution >= 4 is 40.9 Å². The summed E-state index contributed by atoms with van der Waals surface area (Å²) < 4.78 is 22.9. The van der Waals surface area contributed by atoms with E-state index < -0.39 is 29.2 Å². The average Bonchev–Trinajstić information content (AvgIpc) is 2.67. The van der Waals surface area contributed by atoms with Gasteiger partial charge in [-0.15, -0.1) is 0 Å². The van der Waals surface area contributed by atoms with Crippen LogP contribution in [0.5, 0.6) is 5.75 Å². The molecule has 0 spiro atoms. The van der Waals surface area contributed by atoms with Gasteiger partial charge in [0, 0.05) is 12.1 Å². The third kappa shape index (κ3) is 5.78. The highest BCUT2D eigenvalue weighted by Gasteiger charge is 2.14. The van der Waals surface area contributed by atoms with Gasteiger partial charge in [-0.25, -0.2) is 9.18 Å². The Morgan fingerprint density at radius 3 is 2.68 bits per heavy atom. The number of amides is 1. The van der Waals surface area contributed by atoms with Crippen molar-refractivity contribution in [2.24, 2.45) is 0 Å². The van der Waals surface area contributed by atoms with E-state index in [9.17, 15) is 24.1 Å². The summed E-state index contributed by atoms with van der Waals surface area (Å²) in [4.78, 5) is 33.7. The summed E-state index contributed by atoms with van der Waals surface area (Å²) in [6.07, 6.45) is 2.41. The quantitative estimate of drug-likeness (QED) is 0.324. The van der Waals surface area contributed by atoms with E-state index in [2.05, 4.69) is 5.32 Å². The number of carbonyl (C=O) groups excluding carboxylic acids is 2. The van der Waals surface area contributed by atoms with Crippen molar-refractivity contribution in [3.63, 3.8) is 0 Å². The van der Waals surface area contributed by atoms with Crippen LogP contribution >= 0.6 is 11.6 Å². The molecule has 8 nitrogen and oxygen atoms in total. The molecule has 1 amide bonds. The van der Waals surface area contributed by atoms with Crippen LogP contribution in [0.4, 0.5) is 15.8 Å². The van der Waals surface area contributed by atoms with Crippen molar-refractivity contribution in [2.45, 2.75) is 0 Å². The van der Waals surface area contributed by atoms with Crippen LogP contribution < -0.4 is 10.1 Å². The number of nitro groups is 1. The smallest absolute Gasteiger partial charge is 0.331 e. The standard InChI is InChI=1S/C18H14ClFN2O6/c1-27-16-9-12(22(25)26)4-6-15(16)21-17(23)10-28-18(24)7-3-11-2-5-14(20)13(19)8-11/h2-9H,10H2,1H3,(H,21,23)/b7-3+. The number of nitro benzene ring substituents is 1. The Kier molecular flexibility index (Phi) is 7.05. The first kappa shape index (κ1) is 20.8. The molecule has 2 rings (SSSR count). The van der Waals surface area contributed by atoms with Crippen LogP contribution in [0, 0.1) is 15.9 Å². The van der Waals surface area contributed by atoms with E-state index in [0.717, 1.165) is 18.2 Å². The summed E-state index contributed by atoms with van der Waals surface area (Å²) in [5.41, 5.74) is 0.460. The molecule has 0 saturated heterocycles. The summed E-state index contributed by atoms with van der Waals surface area (Å²) in [5.74, 6) is -1.97. The molecular formula is C18H14ClFN2O6. The molecule has 146 valence electrons. The fourth-order valence-corrected chi connectivity index (χ4v) is 2.24. The number of ether oxygens (including phenoxy) is 2. The van der Waals surface area contributed by atoms with Crippen LogP contribution in [0.1, 0.15) is 5.56 Å². The molecule has 0 heterocycles. The van der Waals surface area contributed by atoms with Gasteiger partial charge in [-0.1, -0.05) is 17.7 Å². The van der Waals surface area contributed by atoms with Crippen molar-refractivity contribution in [3.8, 4) is 5.75 Å². The second-order valence-corrected chi connectivity index (χ2v) is 5.71. The third-order valence-electron chi connectivity index (χ3n) is 3.37. The van der Waals surface area contributed by atoms with Crippen molar-refractivity contribution in [3.05, 3.63) is 69.0 Å². The van der Waals surface area contributed by atoms with Gasteiger partial charge >= 0.3 is 5.97 Å². The Bertz CT molecular complexity index is 948. The van der Waals surface area contributed by atoms with Gasteiger partial charge in [-0.2, -0.15) is 0 Å². The molecule has 0 radical (unpaired) electrons. The zero-order valence-electron chi connectivity index (χ0n) is 14.5. The fraction of sp³-hybridized carbons (Fsp3) is 0.111. The first-order valence-electron chi connectivity index (χ1n) is 7.72. The number of esters is 1. The number of anilines is 1. The summed E-state index contributed by atoms with van der Waals surface area (Å²) in [6, 6.07) is 7.54. The average molecular weight is 409 g/mol. The van der Waals surface area contributed by atoms with E-state index in [0.29, 0.717) is 5.56 Å². The lowest BCUT2D eigenvalue weighted by Crippen LogP contribution is -2.20. The fourth-order valence-electron chi connectivity index (χ4n) is 2.05.